The fourth-order valence-corrected chi connectivity index (χ4v) is 1.48. The molecule has 0 aliphatic rings. The third kappa shape index (κ3) is 1.97. The summed E-state index contributed by atoms with van der Waals surface area (Å²) in [5.41, 5.74) is -0.130. The number of furan rings is 1. The van der Waals surface area contributed by atoms with Crippen molar-refractivity contribution in [1.29, 1.82) is 0 Å². The summed E-state index contributed by atoms with van der Waals surface area (Å²) in [6.07, 6.45) is -1.29. The highest BCUT2D eigenvalue weighted by atomic mass is 19.1. The predicted octanol–water partition coefficient (Wildman–Crippen LogP) is 2.95. The lowest BCUT2D eigenvalue weighted by atomic mass is 10.1. The zero-order valence-electron chi connectivity index (χ0n) is 8.58. The largest absolute Gasteiger partial charge is 0.463 e. The standard InChI is InChI=1S/C12H10F2O2/c1-7-2-5-11(16-7)12(15)9-6-8(13)3-4-10(9)14/h2-6,12,15H,1H3. The Bertz CT molecular complexity index is 505. The second-order valence-corrected chi connectivity index (χ2v) is 3.52. The first kappa shape index (κ1) is 10.8. The number of halogens is 2. The Balaban J connectivity index is 2.40. The Hall–Kier alpha value is -1.68. The van der Waals surface area contributed by atoms with Gasteiger partial charge in [-0.25, -0.2) is 8.78 Å². The van der Waals surface area contributed by atoms with Crippen molar-refractivity contribution in [3.05, 3.63) is 59.1 Å². The van der Waals surface area contributed by atoms with Gasteiger partial charge in [0.15, 0.2) is 0 Å². The third-order valence-electron chi connectivity index (χ3n) is 2.28. The molecule has 0 amide bonds. The van der Waals surface area contributed by atoms with Gasteiger partial charge in [0.05, 0.1) is 0 Å². The molecule has 0 fully saturated rings. The molecule has 0 aliphatic heterocycles. The second-order valence-electron chi connectivity index (χ2n) is 3.52. The number of hydrogen-bond donors (Lipinski definition) is 1. The van der Waals surface area contributed by atoms with Crippen LogP contribution < -0.4 is 0 Å². The Kier molecular flexibility index (Phi) is 2.75. The van der Waals surface area contributed by atoms with E-state index in [1.165, 1.54) is 6.07 Å². The van der Waals surface area contributed by atoms with Gasteiger partial charge in [0, 0.05) is 5.56 Å². The Morgan fingerprint density at radius 3 is 2.56 bits per heavy atom. The van der Waals surface area contributed by atoms with Crippen molar-refractivity contribution in [2.24, 2.45) is 0 Å². The Morgan fingerprint density at radius 1 is 1.19 bits per heavy atom. The van der Waals surface area contributed by atoms with Crippen LogP contribution in [-0.2, 0) is 0 Å². The topological polar surface area (TPSA) is 33.4 Å². The van der Waals surface area contributed by atoms with Crippen LogP contribution in [0.4, 0.5) is 8.78 Å². The lowest BCUT2D eigenvalue weighted by Crippen LogP contribution is -2.02. The van der Waals surface area contributed by atoms with E-state index < -0.39 is 17.7 Å². The molecule has 1 atom stereocenters. The van der Waals surface area contributed by atoms with Gasteiger partial charge in [-0.15, -0.1) is 0 Å². The van der Waals surface area contributed by atoms with Crippen LogP contribution in [0.25, 0.3) is 0 Å². The fourth-order valence-electron chi connectivity index (χ4n) is 1.48. The molecule has 16 heavy (non-hydrogen) atoms. The first-order valence-corrected chi connectivity index (χ1v) is 4.77. The first-order chi connectivity index (χ1) is 7.58. The molecule has 1 heterocycles. The number of aliphatic hydroxyl groups excluding tert-OH is 1. The van der Waals surface area contributed by atoms with Crippen molar-refractivity contribution in [1.82, 2.24) is 0 Å². The van der Waals surface area contributed by atoms with E-state index in [4.69, 9.17) is 4.42 Å². The van der Waals surface area contributed by atoms with Crippen LogP contribution in [-0.4, -0.2) is 5.11 Å². The van der Waals surface area contributed by atoms with Crippen LogP contribution in [0.5, 0.6) is 0 Å². The van der Waals surface area contributed by atoms with Crippen LogP contribution >= 0.6 is 0 Å². The molecule has 1 N–H and O–H groups in total. The molecule has 0 aliphatic carbocycles. The van der Waals surface area contributed by atoms with Gasteiger partial charge in [0.1, 0.15) is 29.3 Å². The SMILES string of the molecule is Cc1ccc(C(O)c2cc(F)ccc2F)o1. The van der Waals surface area contributed by atoms with Crippen molar-refractivity contribution in [3.63, 3.8) is 0 Å². The van der Waals surface area contributed by atoms with E-state index in [0.717, 1.165) is 18.2 Å². The van der Waals surface area contributed by atoms with Crippen LogP contribution in [0.3, 0.4) is 0 Å². The number of aryl methyl sites for hydroxylation is 1. The summed E-state index contributed by atoms with van der Waals surface area (Å²) in [4.78, 5) is 0. The molecule has 1 aromatic carbocycles. The summed E-state index contributed by atoms with van der Waals surface area (Å²) in [5, 5.41) is 9.81. The lowest BCUT2D eigenvalue weighted by molar-refractivity contribution is 0.182. The highest BCUT2D eigenvalue weighted by molar-refractivity contribution is 5.27. The van der Waals surface area contributed by atoms with E-state index in [9.17, 15) is 13.9 Å². The van der Waals surface area contributed by atoms with E-state index >= 15 is 0 Å². The summed E-state index contributed by atoms with van der Waals surface area (Å²) in [6.45, 7) is 1.71. The maximum atomic E-state index is 13.3. The van der Waals surface area contributed by atoms with Gasteiger partial charge in [0.2, 0.25) is 0 Å². The molecule has 0 spiro atoms. The molecule has 2 nitrogen and oxygen atoms in total. The van der Waals surface area contributed by atoms with Crippen molar-refractivity contribution in [3.8, 4) is 0 Å². The summed E-state index contributed by atoms with van der Waals surface area (Å²) in [5.74, 6) is -0.463. The van der Waals surface area contributed by atoms with E-state index in [-0.39, 0.29) is 11.3 Å². The van der Waals surface area contributed by atoms with Gasteiger partial charge in [0.25, 0.3) is 0 Å². The predicted molar refractivity (Wildman–Crippen MR) is 53.9 cm³/mol. The molecule has 4 heteroatoms. The van der Waals surface area contributed by atoms with Crippen LogP contribution in [0.15, 0.2) is 34.7 Å². The van der Waals surface area contributed by atoms with Gasteiger partial charge in [-0.1, -0.05) is 0 Å². The summed E-state index contributed by atoms with van der Waals surface area (Å²) in [7, 11) is 0. The maximum absolute atomic E-state index is 13.3. The van der Waals surface area contributed by atoms with Gasteiger partial charge in [-0.05, 0) is 37.3 Å². The third-order valence-corrected chi connectivity index (χ3v) is 2.28. The minimum Gasteiger partial charge on any atom is -0.463 e. The van der Waals surface area contributed by atoms with Gasteiger partial charge < -0.3 is 9.52 Å². The fraction of sp³-hybridized carbons (Fsp3) is 0.167. The number of hydrogen-bond acceptors (Lipinski definition) is 2. The van der Waals surface area contributed by atoms with Crippen molar-refractivity contribution in [2.45, 2.75) is 13.0 Å². The van der Waals surface area contributed by atoms with Crippen molar-refractivity contribution in [2.75, 3.05) is 0 Å². The van der Waals surface area contributed by atoms with Crippen molar-refractivity contribution >= 4 is 0 Å². The van der Waals surface area contributed by atoms with Gasteiger partial charge in [-0.3, -0.25) is 0 Å². The Morgan fingerprint density at radius 2 is 1.94 bits per heavy atom. The van der Waals surface area contributed by atoms with Crippen LogP contribution in [0.2, 0.25) is 0 Å². The molecule has 0 saturated carbocycles. The monoisotopic (exact) mass is 224 g/mol. The number of benzene rings is 1. The molecule has 1 unspecified atom stereocenters. The average molecular weight is 224 g/mol. The molecule has 1 aromatic heterocycles. The number of rotatable bonds is 2. The van der Waals surface area contributed by atoms with Crippen LogP contribution in [0, 0.1) is 18.6 Å². The molecule has 2 rings (SSSR count). The minimum absolute atomic E-state index is 0.130. The summed E-state index contributed by atoms with van der Waals surface area (Å²) in [6, 6.07) is 6.11. The molecule has 84 valence electrons. The van der Waals surface area contributed by atoms with Gasteiger partial charge >= 0.3 is 0 Å². The normalized spacial score (nSPS) is 12.8. The molecule has 0 radical (unpaired) electrons. The zero-order chi connectivity index (χ0) is 11.7. The number of aliphatic hydroxyl groups is 1. The van der Waals surface area contributed by atoms with E-state index in [1.54, 1.807) is 13.0 Å². The van der Waals surface area contributed by atoms with E-state index in [2.05, 4.69) is 0 Å². The smallest absolute Gasteiger partial charge is 0.140 e. The van der Waals surface area contributed by atoms with Crippen molar-refractivity contribution < 1.29 is 18.3 Å². The zero-order valence-corrected chi connectivity index (χ0v) is 8.58. The van der Waals surface area contributed by atoms with E-state index in [0.29, 0.717) is 5.76 Å². The maximum Gasteiger partial charge on any atom is 0.140 e. The van der Waals surface area contributed by atoms with Crippen LogP contribution in [0.1, 0.15) is 23.2 Å². The molecular weight excluding hydrogens is 214 g/mol. The summed E-state index contributed by atoms with van der Waals surface area (Å²) >= 11 is 0. The minimum atomic E-state index is -1.29. The highest BCUT2D eigenvalue weighted by Gasteiger charge is 2.18. The summed E-state index contributed by atoms with van der Waals surface area (Å²) < 4.78 is 31.4. The second kappa shape index (κ2) is 4.06. The quantitative estimate of drug-likeness (QED) is 0.850. The average Bonchev–Trinajstić information content (AvgIpc) is 2.67. The highest BCUT2D eigenvalue weighted by Crippen LogP contribution is 2.26. The molecule has 0 saturated heterocycles. The lowest BCUT2D eigenvalue weighted by Gasteiger charge is -2.09. The molecule has 0 bridgehead atoms. The molecular formula is C12H10F2O2. The Labute approximate surface area is 91.1 Å². The van der Waals surface area contributed by atoms with E-state index in [1.807, 2.05) is 0 Å². The molecule has 2 aromatic rings. The first-order valence-electron chi connectivity index (χ1n) is 4.77. The van der Waals surface area contributed by atoms with Gasteiger partial charge in [-0.2, -0.15) is 0 Å².